The Hall–Kier alpha value is -2.63. The van der Waals surface area contributed by atoms with E-state index in [0.717, 1.165) is 5.69 Å². The molecule has 2 N–H and O–H groups in total. The molecule has 7 heteroatoms. The Morgan fingerprint density at radius 2 is 1.64 bits per heavy atom. The smallest absolute Gasteiger partial charge is 0.274 e. The van der Waals surface area contributed by atoms with E-state index >= 15 is 0 Å². The van der Waals surface area contributed by atoms with E-state index in [1.807, 2.05) is 12.1 Å². The zero-order valence-corrected chi connectivity index (χ0v) is 14.3. The van der Waals surface area contributed by atoms with Crippen LogP contribution in [-0.4, -0.2) is 10.9 Å². The fraction of sp³-hybridized carbons (Fsp3) is 0. The molecule has 0 fully saturated rings. The van der Waals surface area contributed by atoms with Gasteiger partial charge in [0.1, 0.15) is 11.5 Å². The first kappa shape index (κ1) is 17.2. The van der Waals surface area contributed by atoms with Crippen molar-refractivity contribution in [3.05, 3.63) is 82.4 Å². The minimum atomic E-state index is -0.549. The molecule has 2 aromatic carbocycles. The van der Waals surface area contributed by atoms with Gasteiger partial charge in [-0.1, -0.05) is 23.2 Å². The number of carbonyl (C=O) groups is 1. The molecule has 0 aliphatic heterocycles. The molecule has 3 aromatic rings. The number of pyridine rings is 1. The van der Waals surface area contributed by atoms with Crippen LogP contribution in [0.4, 0.5) is 21.5 Å². The quantitative estimate of drug-likeness (QED) is 0.630. The number of nitrogens with one attached hydrogen (secondary N) is 2. The summed E-state index contributed by atoms with van der Waals surface area (Å²) in [5.41, 5.74) is 2.11. The van der Waals surface area contributed by atoms with Crippen molar-refractivity contribution in [3.8, 4) is 0 Å². The highest BCUT2D eigenvalue weighted by atomic mass is 35.5. The van der Waals surface area contributed by atoms with Gasteiger partial charge in [0, 0.05) is 28.3 Å². The monoisotopic (exact) mass is 375 g/mol. The number of aromatic nitrogens is 1. The lowest BCUT2D eigenvalue weighted by atomic mass is 10.2. The van der Waals surface area contributed by atoms with Gasteiger partial charge in [-0.25, -0.2) is 4.39 Å². The normalized spacial score (nSPS) is 10.4. The highest BCUT2D eigenvalue weighted by molar-refractivity contribution is 6.31. The van der Waals surface area contributed by atoms with Crippen LogP contribution < -0.4 is 10.6 Å². The van der Waals surface area contributed by atoms with Crippen molar-refractivity contribution >= 4 is 46.2 Å². The summed E-state index contributed by atoms with van der Waals surface area (Å²) < 4.78 is 13.2. The topological polar surface area (TPSA) is 54.0 Å². The Bertz CT molecular complexity index is 916. The van der Waals surface area contributed by atoms with Gasteiger partial charge in [0.25, 0.3) is 5.91 Å². The van der Waals surface area contributed by atoms with Gasteiger partial charge in [0.05, 0.1) is 5.02 Å². The van der Waals surface area contributed by atoms with Gasteiger partial charge in [-0.2, -0.15) is 0 Å². The molecule has 1 heterocycles. The molecule has 0 spiro atoms. The third-order valence-corrected chi connectivity index (χ3v) is 3.84. The van der Waals surface area contributed by atoms with Gasteiger partial charge < -0.3 is 10.6 Å². The maximum Gasteiger partial charge on any atom is 0.274 e. The molecule has 3 rings (SSSR count). The van der Waals surface area contributed by atoms with Gasteiger partial charge in [0.15, 0.2) is 0 Å². The fourth-order valence-electron chi connectivity index (χ4n) is 2.10. The van der Waals surface area contributed by atoms with Gasteiger partial charge in [-0.15, -0.1) is 0 Å². The number of rotatable bonds is 4. The highest BCUT2D eigenvalue weighted by Crippen LogP contribution is 2.21. The predicted octanol–water partition coefficient (Wildman–Crippen LogP) is 5.52. The van der Waals surface area contributed by atoms with Crippen LogP contribution in [0.2, 0.25) is 10.0 Å². The lowest BCUT2D eigenvalue weighted by molar-refractivity contribution is 0.102. The summed E-state index contributed by atoms with van der Waals surface area (Å²) in [5.74, 6) is -0.977. The summed E-state index contributed by atoms with van der Waals surface area (Å²) in [4.78, 5) is 16.4. The minimum Gasteiger partial charge on any atom is -0.355 e. The molecular formula is C18H12Cl2FN3O. The Labute approximate surface area is 153 Å². The number of nitrogens with zero attached hydrogens (tertiary/aromatic N) is 1. The summed E-state index contributed by atoms with van der Waals surface area (Å²) in [6.07, 6.45) is 1.52. The van der Waals surface area contributed by atoms with E-state index in [-0.39, 0.29) is 10.7 Å². The zero-order valence-electron chi connectivity index (χ0n) is 12.8. The van der Waals surface area contributed by atoms with E-state index in [0.29, 0.717) is 16.4 Å². The molecule has 0 aliphatic carbocycles. The molecule has 25 heavy (non-hydrogen) atoms. The van der Waals surface area contributed by atoms with Crippen LogP contribution in [0.15, 0.2) is 60.8 Å². The van der Waals surface area contributed by atoms with E-state index in [4.69, 9.17) is 23.2 Å². The van der Waals surface area contributed by atoms with Crippen molar-refractivity contribution < 1.29 is 9.18 Å². The molecule has 0 atom stereocenters. The van der Waals surface area contributed by atoms with Crippen LogP contribution >= 0.6 is 23.2 Å². The van der Waals surface area contributed by atoms with E-state index in [2.05, 4.69) is 15.6 Å². The summed E-state index contributed by atoms with van der Waals surface area (Å²) in [5, 5.41) is 6.36. The second kappa shape index (κ2) is 7.51. The van der Waals surface area contributed by atoms with Crippen molar-refractivity contribution in [2.24, 2.45) is 0 Å². The first-order chi connectivity index (χ1) is 12.0. The second-order valence-electron chi connectivity index (χ2n) is 5.14. The van der Waals surface area contributed by atoms with Crippen molar-refractivity contribution in [2.45, 2.75) is 0 Å². The van der Waals surface area contributed by atoms with Crippen LogP contribution in [-0.2, 0) is 0 Å². The van der Waals surface area contributed by atoms with Crippen molar-refractivity contribution in [1.29, 1.82) is 0 Å². The van der Waals surface area contributed by atoms with Crippen LogP contribution in [0, 0.1) is 5.82 Å². The summed E-state index contributed by atoms with van der Waals surface area (Å²) in [6, 6.07) is 14.5. The third kappa shape index (κ3) is 4.47. The van der Waals surface area contributed by atoms with Gasteiger partial charge in [0.2, 0.25) is 0 Å². The maximum absolute atomic E-state index is 13.2. The van der Waals surface area contributed by atoms with E-state index in [1.54, 1.807) is 24.3 Å². The molecule has 0 saturated carbocycles. The standard InChI is InChI=1S/C18H12Cl2FN3O/c19-11-1-3-12(4-2-11)23-14-7-8-22-17(10-14)18(25)24-13-5-6-16(21)15(20)9-13/h1-10H,(H,22,23)(H,24,25). The predicted molar refractivity (Wildman–Crippen MR) is 98.3 cm³/mol. The van der Waals surface area contributed by atoms with Crippen LogP contribution in [0.25, 0.3) is 0 Å². The largest absolute Gasteiger partial charge is 0.355 e. The second-order valence-corrected chi connectivity index (χ2v) is 5.99. The highest BCUT2D eigenvalue weighted by Gasteiger charge is 2.10. The average molecular weight is 376 g/mol. The van der Waals surface area contributed by atoms with Crippen molar-refractivity contribution in [1.82, 2.24) is 4.98 Å². The van der Waals surface area contributed by atoms with Crippen LogP contribution in [0.3, 0.4) is 0 Å². The van der Waals surface area contributed by atoms with Crippen LogP contribution in [0.5, 0.6) is 0 Å². The minimum absolute atomic E-state index is 0.0658. The number of benzene rings is 2. The van der Waals surface area contributed by atoms with E-state index in [1.165, 1.54) is 24.4 Å². The summed E-state index contributed by atoms with van der Waals surface area (Å²) >= 11 is 11.6. The molecule has 1 amide bonds. The Kier molecular flexibility index (Phi) is 5.16. The number of anilines is 3. The summed E-state index contributed by atoms with van der Waals surface area (Å²) in [6.45, 7) is 0. The van der Waals surface area contributed by atoms with Gasteiger partial charge >= 0.3 is 0 Å². The summed E-state index contributed by atoms with van der Waals surface area (Å²) in [7, 11) is 0. The fourth-order valence-corrected chi connectivity index (χ4v) is 2.41. The zero-order chi connectivity index (χ0) is 17.8. The Morgan fingerprint density at radius 3 is 2.36 bits per heavy atom. The first-order valence-electron chi connectivity index (χ1n) is 7.26. The molecule has 0 unspecified atom stereocenters. The first-order valence-corrected chi connectivity index (χ1v) is 8.02. The molecular weight excluding hydrogens is 364 g/mol. The van der Waals surface area contributed by atoms with Crippen LogP contribution in [0.1, 0.15) is 10.5 Å². The lowest BCUT2D eigenvalue weighted by Gasteiger charge is -2.09. The number of halogens is 3. The Balaban J connectivity index is 1.74. The average Bonchev–Trinajstić information content (AvgIpc) is 2.60. The van der Waals surface area contributed by atoms with E-state index < -0.39 is 11.7 Å². The molecule has 0 radical (unpaired) electrons. The Morgan fingerprint density at radius 1 is 0.920 bits per heavy atom. The molecule has 0 aliphatic rings. The van der Waals surface area contributed by atoms with Gasteiger partial charge in [-0.05, 0) is 54.6 Å². The van der Waals surface area contributed by atoms with Gasteiger partial charge in [-0.3, -0.25) is 9.78 Å². The number of hydrogen-bond donors (Lipinski definition) is 2. The van der Waals surface area contributed by atoms with Crippen molar-refractivity contribution in [2.75, 3.05) is 10.6 Å². The number of amides is 1. The number of carbonyl (C=O) groups excluding carboxylic acids is 1. The maximum atomic E-state index is 13.2. The molecule has 126 valence electrons. The third-order valence-electron chi connectivity index (χ3n) is 3.30. The molecule has 0 bridgehead atoms. The molecule has 4 nitrogen and oxygen atoms in total. The van der Waals surface area contributed by atoms with Crippen molar-refractivity contribution in [3.63, 3.8) is 0 Å². The lowest BCUT2D eigenvalue weighted by Crippen LogP contribution is -2.13. The number of hydrogen-bond acceptors (Lipinski definition) is 3. The van der Waals surface area contributed by atoms with E-state index in [9.17, 15) is 9.18 Å². The molecule has 1 aromatic heterocycles. The molecule has 0 saturated heterocycles. The SMILES string of the molecule is O=C(Nc1ccc(F)c(Cl)c1)c1cc(Nc2ccc(Cl)cc2)ccn1.